The van der Waals surface area contributed by atoms with Crippen LogP contribution in [0, 0.1) is 5.92 Å². The second-order valence-corrected chi connectivity index (χ2v) is 3.18. The molecule has 1 unspecified atom stereocenters. The van der Waals surface area contributed by atoms with Crippen LogP contribution in [0.25, 0.3) is 0 Å². The Morgan fingerprint density at radius 2 is 2.15 bits per heavy atom. The normalized spacial score (nSPS) is 21.1. The molecular weight excluding hydrogens is 172 g/mol. The van der Waals surface area contributed by atoms with Crippen molar-refractivity contribution in [3.63, 3.8) is 0 Å². The summed E-state index contributed by atoms with van der Waals surface area (Å²) in [6, 6.07) is 0. The maximum Gasteiger partial charge on any atom is 0.308 e. The predicted molar refractivity (Wildman–Crippen MR) is 46.1 cm³/mol. The van der Waals surface area contributed by atoms with Gasteiger partial charge in [-0.2, -0.15) is 0 Å². The first kappa shape index (κ1) is 10.5. The number of esters is 1. The van der Waals surface area contributed by atoms with E-state index in [1.54, 1.807) is 0 Å². The van der Waals surface area contributed by atoms with Crippen molar-refractivity contribution >= 4 is 5.97 Å². The van der Waals surface area contributed by atoms with E-state index in [0.717, 1.165) is 19.6 Å². The van der Waals surface area contributed by atoms with Gasteiger partial charge in [-0.05, 0) is 6.42 Å². The Labute approximate surface area is 78.2 Å². The lowest BCUT2D eigenvalue weighted by atomic mass is 10.1. The first-order chi connectivity index (χ1) is 6.24. The maximum absolute atomic E-state index is 11.1. The van der Waals surface area contributed by atoms with Gasteiger partial charge in [-0.15, -0.1) is 0 Å². The Kier molecular flexibility index (Phi) is 4.18. The summed E-state index contributed by atoms with van der Waals surface area (Å²) in [7, 11) is 1.39. The number of carbonyl (C=O) groups is 1. The van der Waals surface area contributed by atoms with Crippen LogP contribution in [0.5, 0.6) is 0 Å². The highest BCUT2D eigenvalue weighted by Crippen LogP contribution is 2.15. The van der Waals surface area contributed by atoms with Crippen LogP contribution in [0.15, 0.2) is 0 Å². The summed E-state index contributed by atoms with van der Waals surface area (Å²) in [5.74, 6) is -0.370. The van der Waals surface area contributed by atoms with Gasteiger partial charge in [0.25, 0.3) is 0 Å². The molecule has 1 fully saturated rings. The molecule has 0 N–H and O–H groups in total. The predicted octanol–water partition coefficient (Wildman–Crippen LogP) is 0.949. The highest BCUT2D eigenvalue weighted by molar-refractivity contribution is 5.71. The van der Waals surface area contributed by atoms with E-state index in [1.165, 1.54) is 7.11 Å². The fraction of sp³-hybridized carbons (Fsp3) is 0.889. The van der Waals surface area contributed by atoms with Crippen LogP contribution in [0.2, 0.25) is 0 Å². The van der Waals surface area contributed by atoms with Crippen LogP contribution in [-0.2, 0) is 19.0 Å². The van der Waals surface area contributed by atoms with Gasteiger partial charge in [0.15, 0.2) is 6.29 Å². The van der Waals surface area contributed by atoms with Gasteiger partial charge in [0.1, 0.15) is 0 Å². The van der Waals surface area contributed by atoms with Gasteiger partial charge in [0.2, 0.25) is 0 Å². The van der Waals surface area contributed by atoms with Gasteiger partial charge >= 0.3 is 5.97 Å². The Morgan fingerprint density at radius 3 is 2.69 bits per heavy atom. The second kappa shape index (κ2) is 5.19. The minimum atomic E-state index is -0.233. The van der Waals surface area contributed by atoms with Crippen molar-refractivity contribution in [1.29, 1.82) is 0 Å². The van der Waals surface area contributed by atoms with Gasteiger partial charge in [-0.25, -0.2) is 0 Å². The van der Waals surface area contributed by atoms with Crippen molar-refractivity contribution in [3.05, 3.63) is 0 Å². The lowest BCUT2D eigenvalue weighted by molar-refractivity contribution is -0.189. The van der Waals surface area contributed by atoms with E-state index >= 15 is 0 Å². The third kappa shape index (κ3) is 3.32. The Bertz CT molecular complexity index is 163. The lowest BCUT2D eigenvalue weighted by Gasteiger charge is -2.24. The fourth-order valence-electron chi connectivity index (χ4n) is 1.26. The molecule has 1 saturated heterocycles. The average molecular weight is 188 g/mol. The van der Waals surface area contributed by atoms with Crippen molar-refractivity contribution in [3.8, 4) is 0 Å². The van der Waals surface area contributed by atoms with Gasteiger partial charge in [0, 0.05) is 6.42 Å². The molecule has 0 aromatic rings. The summed E-state index contributed by atoms with van der Waals surface area (Å²) in [6.07, 6.45) is 1.28. The lowest BCUT2D eigenvalue weighted by Crippen LogP contribution is -2.29. The zero-order valence-electron chi connectivity index (χ0n) is 8.12. The molecule has 0 bridgehead atoms. The molecule has 0 spiro atoms. The van der Waals surface area contributed by atoms with Gasteiger partial charge in [-0.1, -0.05) is 6.92 Å². The van der Waals surface area contributed by atoms with Crippen molar-refractivity contribution in [2.45, 2.75) is 26.1 Å². The smallest absolute Gasteiger partial charge is 0.308 e. The van der Waals surface area contributed by atoms with Crippen LogP contribution in [0.4, 0.5) is 0 Å². The Balaban J connectivity index is 2.25. The molecule has 0 saturated carbocycles. The molecule has 1 aliphatic rings. The molecule has 1 heterocycles. The average Bonchev–Trinajstić information content (AvgIpc) is 2.18. The third-order valence-corrected chi connectivity index (χ3v) is 2.05. The van der Waals surface area contributed by atoms with Crippen molar-refractivity contribution in [2.75, 3.05) is 20.3 Å². The molecule has 13 heavy (non-hydrogen) atoms. The summed E-state index contributed by atoms with van der Waals surface area (Å²) in [5.41, 5.74) is 0. The molecular formula is C9H16O4. The Morgan fingerprint density at radius 1 is 1.54 bits per heavy atom. The summed E-state index contributed by atoms with van der Waals surface area (Å²) in [5, 5.41) is 0. The van der Waals surface area contributed by atoms with Crippen molar-refractivity contribution < 1.29 is 19.0 Å². The van der Waals surface area contributed by atoms with E-state index in [4.69, 9.17) is 9.47 Å². The van der Waals surface area contributed by atoms with Gasteiger partial charge in [-0.3, -0.25) is 4.79 Å². The van der Waals surface area contributed by atoms with E-state index in [2.05, 4.69) is 4.74 Å². The molecule has 4 nitrogen and oxygen atoms in total. The van der Waals surface area contributed by atoms with Crippen LogP contribution < -0.4 is 0 Å². The van der Waals surface area contributed by atoms with E-state index in [1.807, 2.05) is 6.92 Å². The number of ether oxygens (including phenoxy) is 3. The maximum atomic E-state index is 11.1. The quantitative estimate of drug-likeness (QED) is 0.618. The number of hydrogen-bond acceptors (Lipinski definition) is 4. The molecule has 0 aromatic carbocycles. The minimum Gasteiger partial charge on any atom is -0.469 e. The number of carbonyl (C=O) groups excluding carboxylic acids is 1. The summed E-state index contributed by atoms with van der Waals surface area (Å²) in [6.45, 7) is 3.25. The Hall–Kier alpha value is -0.610. The molecule has 1 atom stereocenters. The zero-order valence-corrected chi connectivity index (χ0v) is 8.12. The van der Waals surface area contributed by atoms with E-state index in [-0.39, 0.29) is 18.2 Å². The number of hydrogen-bond donors (Lipinski definition) is 0. The fourth-order valence-corrected chi connectivity index (χ4v) is 1.26. The van der Waals surface area contributed by atoms with E-state index in [9.17, 15) is 4.79 Å². The zero-order chi connectivity index (χ0) is 9.68. The highest BCUT2D eigenvalue weighted by atomic mass is 16.7. The summed E-state index contributed by atoms with van der Waals surface area (Å²) < 4.78 is 15.2. The van der Waals surface area contributed by atoms with Crippen LogP contribution in [-0.4, -0.2) is 32.6 Å². The van der Waals surface area contributed by atoms with Crippen molar-refractivity contribution in [2.24, 2.45) is 5.92 Å². The second-order valence-electron chi connectivity index (χ2n) is 3.18. The van der Waals surface area contributed by atoms with Crippen LogP contribution in [0.1, 0.15) is 19.8 Å². The first-order valence-electron chi connectivity index (χ1n) is 4.55. The van der Waals surface area contributed by atoms with Gasteiger partial charge in [0.05, 0.1) is 26.2 Å². The molecule has 76 valence electrons. The monoisotopic (exact) mass is 188 g/mol. The summed E-state index contributed by atoms with van der Waals surface area (Å²) >= 11 is 0. The first-order valence-corrected chi connectivity index (χ1v) is 4.55. The largest absolute Gasteiger partial charge is 0.469 e. The number of methoxy groups -OCH3 is 1. The molecule has 0 amide bonds. The molecule has 0 aromatic heterocycles. The molecule has 0 aliphatic carbocycles. The van der Waals surface area contributed by atoms with E-state index in [0.29, 0.717) is 6.42 Å². The standard InChI is InChI=1S/C9H16O4/c1-7(9(10)11-2)6-8-12-4-3-5-13-8/h7-8H,3-6H2,1-2H3. The van der Waals surface area contributed by atoms with E-state index < -0.39 is 0 Å². The molecule has 0 radical (unpaired) electrons. The minimum absolute atomic E-state index is 0.159. The van der Waals surface area contributed by atoms with Gasteiger partial charge < -0.3 is 14.2 Å². The number of rotatable bonds is 3. The third-order valence-electron chi connectivity index (χ3n) is 2.05. The highest BCUT2D eigenvalue weighted by Gasteiger charge is 2.22. The van der Waals surface area contributed by atoms with Crippen molar-refractivity contribution in [1.82, 2.24) is 0 Å². The van der Waals surface area contributed by atoms with Crippen LogP contribution in [0.3, 0.4) is 0 Å². The topological polar surface area (TPSA) is 44.8 Å². The van der Waals surface area contributed by atoms with Crippen LogP contribution >= 0.6 is 0 Å². The molecule has 1 aliphatic heterocycles. The molecule has 1 rings (SSSR count). The SMILES string of the molecule is COC(=O)C(C)CC1OCCCO1. The molecule has 4 heteroatoms. The summed E-state index contributed by atoms with van der Waals surface area (Å²) in [4.78, 5) is 11.1.